The number of rotatable bonds is 1. The van der Waals surface area contributed by atoms with Crippen LogP contribution in [-0.4, -0.2) is 34.1 Å². The van der Waals surface area contributed by atoms with Crippen molar-refractivity contribution in [2.75, 3.05) is 6.54 Å². The van der Waals surface area contributed by atoms with E-state index in [2.05, 4.69) is 0 Å². The molecule has 1 N–H and O–H groups in total. The van der Waals surface area contributed by atoms with Crippen molar-refractivity contribution in [1.82, 2.24) is 4.90 Å². The smallest absolute Gasteiger partial charge is 0.226 e. The van der Waals surface area contributed by atoms with Crippen LogP contribution in [0.1, 0.15) is 33.1 Å². The fraction of sp³-hybridized carbons (Fsp3) is 0.900. The van der Waals surface area contributed by atoms with E-state index < -0.39 is 0 Å². The van der Waals surface area contributed by atoms with Gasteiger partial charge in [-0.1, -0.05) is 0 Å². The SMILES string of the molecule is CC1(C)CC(O)CN1C(=O)C1CC1. The van der Waals surface area contributed by atoms with Crippen LogP contribution in [0.25, 0.3) is 0 Å². The average Bonchev–Trinajstić information content (AvgIpc) is 2.76. The van der Waals surface area contributed by atoms with Gasteiger partial charge in [0.1, 0.15) is 0 Å². The van der Waals surface area contributed by atoms with Gasteiger partial charge in [-0.25, -0.2) is 0 Å². The van der Waals surface area contributed by atoms with Gasteiger partial charge in [-0.3, -0.25) is 4.79 Å². The van der Waals surface area contributed by atoms with Crippen LogP contribution in [0.5, 0.6) is 0 Å². The maximum absolute atomic E-state index is 11.8. The van der Waals surface area contributed by atoms with Crippen molar-refractivity contribution in [2.24, 2.45) is 5.92 Å². The molecule has 0 aromatic carbocycles. The lowest BCUT2D eigenvalue weighted by Gasteiger charge is -2.31. The maximum atomic E-state index is 11.8. The third-order valence-electron chi connectivity index (χ3n) is 3.05. The minimum absolute atomic E-state index is 0.140. The third kappa shape index (κ3) is 1.57. The molecule has 1 unspecified atom stereocenters. The molecule has 2 rings (SSSR count). The normalized spacial score (nSPS) is 32.2. The van der Waals surface area contributed by atoms with Gasteiger partial charge in [0, 0.05) is 18.0 Å². The van der Waals surface area contributed by atoms with E-state index in [4.69, 9.17) is 0 Å². The Hall–Kier alpha value is -0.570. The molecule has 3 heteroatoms. The largest absolute Gasteiger partial charge is 0.391 e. The quantitative estimate of drug-likeness (QED) is 0.652. The summed E-state index contributed by atoms with van der Waals surface area (Å²) in [5.41, 5.74) is -0.140. The van der Waals surface area contributed by atoms with Gasteiger partial charge in [0.25, 0.3) is 0 Å². The van der Waals surface area contributed by atoms with E-state index in [0.29, 0.717) is 13.0 Å². The summed E-state index contributed by atoms with van der Waals surface area (Å²) in [5.74, 6) is 0.520. The van der Waals surface area contributed by atoms with E-state index in [1.807, 2.05) is 18.7 Å². The molecule has 1 atom stereocenters. The first kappa shape index (κ1) is 9.00. The Morgan fingerprint density at radius 3 is 2.46 bits per heavy atom. The summed E-state index contributed by atoms with van der Waals surface area (Å²) < 4.78 is 0. The fourth-order valence-electron chi connectivity index (χ4n) is 2.15. The summed E-state index contributed by atoms with van der Waals surface area (Å²) >= 11 is 0. The first-order valence-corrected chi connectivity index (χ1v) is 5.00. The van der Waals surface area contributed by atoms with Crippen LogP contribution >= 0.6 is 0 Å². The van der Waals surface area contributed by atoms with Gasteiger partial charge in [-0.05, 0) is 33.1 Å². The van der Waals surface area contributed by atoms with Crippen LogP contribution in [0.4, 0.5) is 0 Å². The van der Waals surface area contributed by atoms with Crippen LogP contribution in [0, 0.1) is 5.92 Å². The van der Waals surface area contributed by atoms with E-state index in [0.717, 1.165) is 12.8 Å². The molecule has 1 aliphatic carbocycles. The Labute approximate surface area is 78.7 Å². The first-order chi connectivity index (χ1) is 6.00. The summed E-state index contributed by atoms with van der Waals surface area (Å²) in [6.07, 6.45) is 2.48. The minimum atomic E-state index is -0.322. The lowest BCUT2D eigenvalue weighted by atomic mass is 10.0. The molecule has 1 aliphatic heterocycles. The molecule has 0 aromatic rings. The van der Waals surface area contributed by atoms with Crippen molar-refractivity contribution < 1.29 is 9.90 Å². The molecule has 13 heavy (non-hydrogen) atoms. The number of hydrogen-bond acceptors (Lipinski definition) is 2. The average molecular weight is 183 g/mol. The highest BCUT2D eigenvalue weighted by molar-refractivity contribution is 5.82. The zero-order chi connectivity index (χ0) is 9.64. The third-order valence-corrected chi connectivity index (χ3v) is 3.05. The molecule has 1 heterocycles. The number of aliphatic hydroxyl groups is 1. The highest BCUT2D eigenvalue weighted by Gasteiger charge is 2.44. The molecule has 2 fully saturated rings. The Morgan fingerprint density at radius 2 is 2.08 bits per heavy atom. The number of likely N-dealkylation sites (tertiary alicyclic amines) is 1. The lowest BCUT2D eigenvalue weighted by Crippen LogP contribution is -2.43. The number of carbonyl (C=O) groups excluding carboxylic acids is 1. The molecule has 1 saturated carbocycles. The number of nitrogens with zero attached hydrogens (tertiary/aromatic N) is 1. The van der Waals surface area contributed by atoms with Gasteiger partial charge in [-0.2, -0.15) is 0 Å². The molecule has 0 aromatic heterocycles. The van der Waals surface area contributed by atoms with Gasteiger partial charge in [-0.15, -0.1) is 0 Å². The second-order valence-electron chi connectivity index (χ2n) is 4.89. The van der Waals surface area contributed by atoms with Crippen molar-refractivity contribution in [3.63, 3.8) is 0 Å². The second-order valence-corrected chi connectivity index (χ2v) is 4.89. The van der Waals surface area contributed by atoms with Crippen molar-refractivity contribution in [3.8, 4) is 0 Å². The second kappa shape index (κ2) is 2.71. The molecular formula is C10H17NO2. The summed E-state index contributed by atoms with van der Waals surface area (Å²) in [4.78, 5) is 13.6. The van der Waals surface area contributed by atoms with Gasteiger partial charge < -0.3 is 10.0 Å². The van der Waals surface area contributed by atoms with Gasteiger partial charge in [0.15, 0.2) is 0 Å². The highest BCUT2D eigenvalue weighted by Crippen LogP contribution is 2.37. The zero-order valence-corrected chi connectivity index (χ0v) is 8.29. The standard InChI is InChI=1S/C10H17NO2/c1-10(2)5-8(12)6-11(10)9(13)7-3-4-7/h7-8,12H,3-6H2,1-2H3. The first-order valence-electron chi connectivity index (χ1n) is 5.00. The topological polar surface area (TPSA) is 40.5 Å². The Bertz CT molecular complexity index is 233. The van der Waals surface area contributed by atoms with Crippen LogP contribution in [0.2, 0.25) is 0 Å². The van der Waals surface area contributed by atoms with Gasteiger partial charge in [0.2, 0.25) is 5.91 Å². The van der Waals surface area contributed by atoms with E-state index in [9.17, 15) is 9.90 Å². The maximum Gasteiger partial charge on any atom is 0.226 e. The van der Waals surface area contributed by atoms with Crippen molar-refractivity contribution in [2.45, 2.75) is 44.8 Å². The van der Waals surface area contributed by atoms with Crippen LogP contribution < -0.4 is 0 Å². The van der Waals surface area contributed by atoms with Crippen molar-refractivity contribution in [1.29, 1.82) is 0 Å². The monoisotopic (exact) mass is 183 g/mol. The Morgan fingerprint density at radius 1 is 1.46 bits per heavy atom. The van der Waals surface area contributed by atoms with Gasteiger partial charge in [0.05, 0.1) is 6.10 Å². The molecule has 2 aliphatic rings. The molecule has 0 bridgehead atoms. The number of carbonyl (C=O) groups is 1. The summed E-state index contributed by atoms with van der Waals surface area (Å²) in [7, 11) is 0. The van der Waals surface area contributed by atoms with Crippen molar-refractivity contribution in [3.05, 3.63) is 0 Å². The zero-order valence-electron chi connectivity index (χ0n) is 8.29. The fourth-order valence-corrected chi connectivity index (χ4v) is 2.15. The Kier molecular flexibility index (Phi) is 1.88. The summed E-state index contributed by atoms with van der Waals surface area (Å²) in [6, 6.07) is 0. The molecule has 1 amide bonds. The van der Waals surface area contributed by atoms with E-state index in [1.165, 1.54) is 0 Å². The molecule has 0 radical (unpaired) electrons. The molecular weight excluding hydrogens is 166 g/mol. The predicted octanol–water partition coefficient (Wildman–Crippen LogP) is 0.768. The summed E-state index contributed by atoms with van der Waals surface area (Å²) in [6.45, 7) is 4.59. The van der Waals surface area contributed by atoms with Crippen LogP contribution in [-0.2, 0) is 4.79 Å². The minimum Gasteiger partial charge on any atom is -0.391 e. The predicted molar refractivity (Wildman–Crippen MR) is 49.1 cm³/mol. The lowest BCUT2D eigenvalue weighted by molar-refractivity contribution is -0.135. The number of amides is 1. The number of β-amino-alcohol motifs (C(OH)–C–C–N with tert-alkyl or cyclic N) is 1. The van der Waals surface area contributed by atoms with Crippen molar-refractivity contribution >= 4 is 5.91 Å². The van der Waals surface area contributed by atoms with E-state index >= 15 is 0 Å². The van der Waals surface area contributed by atoms with E-state index in [-0.39, 0.29) is 23.5 Å². The van der Waals surface area contributed by atoms with E-state index in [1.54, 1.807) is 0 Å². The summed E-state index contributed by atoms with van der Waals surface area (Å²) in [5, 5.41) is 9.49. The Balaban J connectivity index is 2.09. The molecule has 3 nitrogen and oxygen atoms in total. The number of hydrogen-bond donors (Lipinski definition) is 1. The molecule has 0 spiro atoms. The van der Waals surface area contributed by atoms with Crippen LogP contribution in [0.3, 0.4) is 0 Å². The molecule has 1 saturated heterocycles. The van der Waals surface area contributed by atoms with Gasteiger partial charge >= 0.3 is 0 Å². The molecule has 74 valence electrons. The van der Waals surface area contributed by atoms with Crippen LogP contribution in [0.15, 0.2) is 0 Å². The highest BCUT2D eigenvalue weighted by atomic mass is 16.3. The number of aliphatic hydroxyl groups excluding tert-OH is 1.